The lowest BCUT2D eigenvalue weighted by atomic mass is 9.88. The van der Waals surface area contributed by atoms with Crippen molar-refractivity contribution in [2.24, 2.45) is 5.92 Å². The Hall–Kier alpha value is -2.22. The van der Waals surface area contributed by atoms with E-state index in [1.807, 2.05) is 36.1 Å². The number of hydrogen-bond donors (Lipinski definition) is 0. The van der Waals surface area contributed by atoms with Crippen LogP contribution in [0, 0.1) is 5.92 Å². The van der Waals surface area contributed by atoms with Gasteiger partial charge in [-0.1, -0.05) is 0 Å². The summed E-state index contributed by atoms with van der Waals surface area (Å²) < 4.78 is 0. The number of Topliss-reactive ketones (excluding diaryl/α,β-unsaturated/α-hetero) is 1. The Bertz CT molecular complexity index is 1040. The number of pyridine rings is 2. The van der Waals surface area contributed by atoms with Crippen molar-refractivity contribution in [3.05, 3.63) is 41.8 Å². The van der Waals surface area contributed by atoms with E-state index in [1.54, 1.807) is 11.3 Å². The van der Waals surface area contributed by atoms with Gasteiger partial charge >= 0.3 is 0 Å². The summed E-state index contributed by atoms with van der Waals surface area (Å²) in [5.41, 5.74) is 4.44. The maximum Gasteiger partial charge on any atom is 0.142 e. The van der Waals surface area contributed by atoms with Crippen LogP contribution in [-0.2, 0) is 11.2 Å². The molecule has 6 nitrogen and oxygen atoms in total. The minimum Gasteiger partial charge on any atom is -0.306 e. The van der Waals surface area contributed by atoms with E-state index in [4.69, 9.17) is 4.98 Å². The van der Waals surface area contributed by atoms with Crippen molar-refractivity contribution in [3.63, 3.8) is 0 Å². The zero-order valence-electron chi connectivity index (χ0n) is 18.0. The summed E-state index contributed by atoms with van der Waals surface area (Å²) >= 11 is 1.58. The van der Waals surface area contributed by atoms with Gasteiger partial charge in [-0.15, -0.1) is 11.3 Å². The van der Waals surface area contributed by atoms with Gasteiger partial charge in [0.2, 0.25) is 0 Å². The first kappa shape index (κ1) is 20.7. The Morgan fingerprint density at radius 2 is 1.90 bits per heavy atom. The molecule has 3 aromatic rings. The number of hydrogen-bond acceptors (Lipinski definition) is 7. The minimum absolute atomic E-state index is 0.163. The molecule has 31 heavy (non-hydrogen) atoms. The van der Waals surface area contributed by atoms with E-state index in [0.29, 0.717) is 18.2 Å². The molecule has 0 aliphatic carbocycles. The van der Waals surface area contributed by atoms with Crippen molar-refractivity contribution in [1.29, 1.82) is 0 Å². The number of ketones is 1. The van der Waals surface area contributed by atoms with Crippen LogP contribution in [0.4, 0.5) is 0 Å². The highest BCUT2D eigenvalue weighted by Crippen LogP contribution is 2.26. The Morgan fingerprint density at radius 3 is 2.65 bits per heavy atom. The van der Waals surface area contributed by atoms with E-state index in [9.17, 15) is 4.79 Å². The number of thiazole rings is 1. The molecule has 0 N–H and O–H groups in total. The van der Waals surface area contributed by atoms with Gasteiger partial charge in [0.1, 0.15) is 5.78 Å². The highest BCUT2D eigenvalue weighted by atomic mass is 32.1. The number of likely N-dealkylation sites (tertiary alicyclic amines) is 2. The first-order valence-electron chi connectivity index (χ1n) is 11.3. The first-order chi connectivity index (χ1) is 15.2. The average molecular weight is 436 g/mol. The molecular weight excluding hydrogens is 406 g/mol. The number of piperidine rings is 2. The number of rotatable bonds is 5. The fraction of sp³-hybridized carbons (Fsp3) is 0.500. The summed E-state index contributed by atoms with van der Waals surface area (Å²) in [7, 11) is 2.21. The molecular formula is C24H29N5OS. The molecule has 2 fully saturated rings. The normalized spacial score (nSPS) is 19.8. The van der Waals surface area contributed by atoms with Crippen LogP contribution in [0.1, 0.15) is 31.4 Å². The molecule has 5 heterocycles. The topological polar surface area (TPSA) is 62.2 Å². The molecule has 0 atom stereocenters. The molecule has 2 aliphatic rings. The third-order valence-corrected chi connectivity index (χ3v) is 7.66. The molecule has 3 aromatic heterocycles. The summed E-state index contributed by atoms with van der Waals surface area (Å²) in [6.07, 6.45) is 8.55. The number of carbonyl (C=O) groups excluding carboxylic acids is 1. The summed E-state index contributed by atoms with van der Waals surface area (Å²) in [6.45, 7) is 4.48. The van der Waals surface area contributed by atoms with Crippen LogP contribution in [-0.4, -0.2) is 69.8 Å². The van der Waals surface area contributed by atoms with Crippen molar-refractivity contribution < 1.29 is 4.79 Å². The van der Waals surface area contributed by atoms with E-state index < -0.39 is 0 Å². The van der Waals surface area contributed by atoms with Crippen molar-refractivity contribution in [1.82, 2.24) is 24.8 Å². The van der Waals surface area contributed by atoms with E-state index in [2.05, 4.69) is 26.8 Å². The molecule has 0 bridgehead atoms. The molecule has 0 aromatic carbocycles. The lowest BCUT2D eigenvalue weighted by Crippen LogP contribution is -2.47. The van der Waals surface area contributed by atoms with Crippen LogP contribution < -0.4 is 0 Å². The molecule has 5 rings (SSSR count). The standard InChI is InChI=1S/C24H29N5OS/c1-28-8-6-20(7-9-28)29-10-4-17(5-11-29)23(30)13-19-12-22-18(14-26-19)2-3-21(27-22)24-15-25-16-31-24/h2-3,12,14-17,20H,4-11,13H2,1H3. The van der Waals surface area contributed by atoms with Gasteiger partial charge in [0, 0.05) is 41.9 Å². The zero-order chi connectivity index (χ0) is 21.2. The van der Waals surface area contributed by atoms with E-state index in [1.165, 1.54) is 25.9 Å². The zero-order valence-corrected chi connectivity index (χ0v) is 18.9. The molecule has 0 amide bonds. The van der Waals surface area contributed by atoms with Crippen LogP contribution in [0.15, 0.2) is 36.1 Å². The van der Waals surface area contributed by atoms with Gasteiger partial charge in [-0.2, -0.15) is 0 Å². The predicted octanol–water partition coefficient (Wildman–Crippen LogP) is 3.67. The number of aromatic nitrogens is 3. The summed E-state index contributed by atoms with van der Waals surface area (Å²) in [5.74, 6) is 0.491. The molecule has 0 saturated carbocycles. The van der Waals surface area contributed by atoms with E-state index in [-0.39, 0.29) is 5.92 Å². The van der Waals surface area contributed by atoms with Crippen LogP contribution in [0.5, 0.6) is 0 Å². The molecule has 2 aliphatic heterocycles. The Kier molecular flexibility index (Phi) is 6.07. The predicted molar refractivity (Wildman–Crippen MR) is 124 cm³/mol. The second-order valence-electron chi connectivity index (χ2n) is 8.92. The monoisotopic (exact) mass is 435 g/mol. The SMILES string of the molecule is CN1CCC(N2CCC(C(=O)Cc3cc4nc(-c5cncs5)ccc4cn3)CC2)CC1. The lowest BCUT2D eigenvalue weighted by molar-refractivity contribution is -0.124. The fourth-order valence-electron chi connectivity index (χ4n) is 4.90. The largest absolute Gasteiger partial charge is 0.306 e. The van der Waals surface area contributed by atoms with Gasteiger partial charge in [-0.05, 0) is 77.1 Å². The van der Waals surface area contributed by atoms with Gasteiger partial charge in [0.05, 0.1) is 21.6 Å². The maximum absolute atomic E-state index is 13.0. The lowest BCUT2D eigenvalue weighted by Gasteiger charge is -2.40. The fourth-order valence-corrected chi connectivity index (χ4v) is 5.50. The highest BCUT2D eigenvalue weighted by Gasteiger charge is 2.30. The molecule has 162 valence electrons. The van der Waals surface area contributed by atoms with Crippen LogP contribution >= 0.6 is 11.3 Å². The van der Waals surface area contributed by atoms with Crippen molar-refractivity contribution in [2.75, 3.05) is 33.2 Å². The van der Waals surface area contributed by atoms with Crippen molar-refractivity contribution in [2.45, 2.75) is 38.1 Å². The van der Waals surface area contributed by atoms with E-state index in [0.717, 1.165) is 53.1 Å². The summed E-state index contributed by atoms with van der Waals surface area (Å²) in [4.78, 5) is 32.5. The number of nitrogens with zero attached hydrogens (tertiary/aromatic N) is 5. The first-order valence-corrected chi connectivity index (χ1v) is 12.1. The summed E-state index contributed by atoms with van der Waals surface area (Å²) in [5, 5.41) is 0.996. The molecule has 0 unspecified atom stereocenters. The number of fused-ring (bicyclic) bond motifs is 1. The van der Waals surface area contributed by atoms with E-state index >= 15 is 0 Å². The summed E-state index contributed by atoms with van der Waals surface area (Å²) in [6, 6.07) is 6.72. The second kappa shape index (κ2) is 9.10. The Morgan fingerprint density at radius 1 is 1.10 bits per heavy atom. The molecule has 7 heteroatoms. The molecule has 0 spiro atoms. The average Bonchev–Trinajstić information content (AvgIpc) is 3.34. The third kappa shape index (κ3) is 4.68. The van der Waals surface area contributed by atoms with Gasteiger partial charge in [-0.25, -0.2) is 4.98 Å². The van der Waals surface area contributed by atoms with Gasteiger partial charge < -0.3 is 9.80 Å². The van der Waals surface area contributed by atoms with Crippen molar-refractivity contribution >= 4 is 28.0 Å². The molecule has 2 saturated heterocycles. The number of carbonyl (C=O) groups is 1. The van der Waals surface area contributed by atoms with Crippen molar-refractivity contribution in [3.8, 4) is 10.6 Å². The minimum atomic E-state index is 0.163. The quantitative estimate of drug-likeness (QED) is 0.609. The highest BCUT2D eigenvalue weighted by molar-refractivity contribution is 7.13. The van der Waals surface area contributed by atoms with Gasteiger partial charge in [0.25, 0.3) is 0 Å². The van der Waals surface area contributed by atoms with Crippen LogP contribution in [0.3, 0.4) is 0 Å². The van der Waals surface area contributed by atoms with Gasteiger partial charge in [0.15, 0.2) is 0 Å². The second-order valence-corrected chi connectivity index (χ2v) is 9.80. The smallest absolute Gasteiger partial charge is 0.142 e. The maximum atomic E-state index is 13.0. The van der Waals surface area contributed by atoms with Gasteiger partial charge in [-0.3, -0.25) is 14.8 Å². The molecule has 0 radical (unpaired) electrons. The van der Waals surface area contributed by atoms with Crippen LogP contribution in [0.25, 0.3) is 21.5 Å². The van der Waals surface area contributed by atoms with Crippen LogP contribution in [0.2, 0.25) is 0 Å². The Labute approximate surface area is 187 Å². The Balaban J connectivity index is 1.21. The third-order valence-electron chi connectivity index (χ3n) is 6.86.